The normalized spacial score (nSPS) is 20.7. The first-order chi connectivity index (χ1) is 15.9. The van der Waals surface area contributed by atoms with Gasteiger partial charge >= 0.3 is 5.97 Å². The summed E-state index contributed by atoms with van der Waals surface area (Å²) >= 11 is 0. The van der Waals surface area contributed by atoms with Gasteiger partial charge in [-0.05, 0) is 30.0 Å². The molecule has 0 saturated carbocycles. The maximum absolute atomic E-state index is 12.4. The molecule has 0 unspecified atom stereocenters. The van der Waals surface area contributed by atoms with Gasteiger partial charge in [0, 0.05) is 29.0 Å². The third-order valence-electron chi connectivity index (χ3n) is 6.60. The molecule has 1 aliphatic heterocycles. The van der Waals surface area contributed by atoms with Crippen molar-refractivity contribution in [3.8, 4) is 45.6 Å². The van der Waals surface area contributed by atoms with Crippen LogP contribution in [0.4, 0.5) is 0 Å². The Balaban J connectivity index is 2.12. The fourth-order valence-electron chi connectivity index (χ4n) is 4.69. The van der Waals surface area contributed by atoms with Crippen molar-refractivity contribution in [1.82, 2.24) is 0 Å². The molecule has 2 aromatic rings. The molecule has 2 aromatic carbocycles. The van der Waals surface area contributed by atoms with E-state index in [2.05, 4.69) is 13.8 Å². The van der Waals surface area contributed by atoms with E-state index in [0.29, 0.717) is 46.1 Å². The number of aromatic hydroxyl groups is 1. The topological polar surface area (TPSA) is 92.7 Å². The van der Waals surface area contributed by atoms with Gasteiger partial charge in [0.1, 0.15) is 6.10 Å². The highest BCUT2D eigenvalue weighted by Gasteiger charge is 2.39. The summed E-state index contributed by atoms with van der Waals surface area (Å²) in [4.78, 5) is 12.4. The average molecular weight is 459 g/mol. The Bertz CT molecular complexity index is 1080. The molecular weight excluding hydrogens is 428 g/mol. The first kappa shape index (κ1) is 22.9. The molecule has 1 N–H and O–H groups in total. The number of rotatable bonds is 5. The highest BCUT2D eigenvalue weighted by atomic mass is 16.7. The third-order valence-corrected chi connectivity index (χ3v) is 6.60. The third kappa shape index (κ3) is 3.67. The highest BCUT2D eigenvalue weighted by Crippen LogP contribution is 2.58. The molecule has 8 nitrogen and oxygen atoms in total. The quantitative estimate of drug-likeness (QED) is 0.648. The fraction of sp³-hybridized carbons (Fsp3) is 0.480. The fourth-order valence-corrected chi connectivity index (χ4v) is 4.69. The van der Waals surface area contributed by atoms with Gasteiger partial charge in [-0.25, -0.2) is 0 Å². The predicted octanol–water partition coefficient (Wildman–Crippen LogP) is 4.64. The lowest BCUT2D eigenvalue weighted by Crippen LogP contribution is -2.26. The minimum atomic E-state index is -0.577. The average Bonchev–Trinajstić information content (AvgIpc) is 3.28. The Morgan fingerprint density at radius 3 is 2.42 bits per heavy atom. The first-order valence-electron chi connectivity index (χ1n) is 11.0. The summed E-state index contributed by atoms with van der Waals surface area (Å²) < 4.78 is 34.1. The largest absolute Gasteiger partial charge is 0.504 e. The lowest BCUT2D eigenvalue weighted by Gasteiger charge is -2.34. The molecule has 1 heterocycles. The van der Waals surface area contributed by atoms with Crippen molar-refractivity contribution >= 4 is 5.97 Å². The molecule has 0 fully saturated rings. The molecule has 0 spiro atoms. The molecule has 0 bridgehead atoms. The van der Waals surface area contributed by atoms with Crippen LogP contribution >= 0.6 is 0 Å². The van der Waals surface area contributed by atoms with Crippen LogP contribution < -0.4 is 23.7 Å². The molecule has 2 aliphatic rings. The number of carbonyl (C=O) groups excluding carboxylic acids is 1. The second-order valence-corrected chi connectivity index (χ2v) is 8.41. The zero-order chi connectivity index (χ0) is 23.9. The zero-order valence-electron chi connectivity index (χ0n) is 19.8. The number of hydrogen-bond acceptors (Lipinski definition) is 8. The second-order valence-electron chi connectivity index (χ2n) is 8.41. The van der Waals surface area contributed by atoms with E-state index in [4.69, 9.17) is 28.4 Å². The molecule has 0 amide bonds. The van der Waals surface area contributed by atoms with Crippen molar-refractivity contribution in [3.63, 3.8) is 0 Å². The number of carbonyl (C=O) groups is 1. The molecule has 33 heavy (non-hydrogen) atoms. The smallest absolute Gasteiger partial charge is 0.306 e. The van der Waals surface area contributed by atoms with Crippen molar-refractivity contribution in [2.24, 2.45) is 11.8 Å². The lowest BCUT2D eigenvalue weighted by atomic mass is 9.76. The van der Waals surface area contributed by atoms with Crippen LogP contribution in [0.5, 0.6) is 34.5 Å². The Morgan fingerprint density at radius 2 is 1.79 bits per heavy atom. The summed E-state index contributed by atoms with van der Waals surface area (Å²) in [5.41, 5.74) is 2.67. The number of hydrogen-bond donors (Lipinski definition) is 1. The molecule has 0 aromatic heterocycles. The van der Waals surface area contributed by atoms with Gasteiger partial charge in [-0.2, -0.15) is 0 Å². The van der Waals surface area contributed by atoms with Gasteiger partial charge < -0.3 is 33.5 Å². The van der Waals surface area contributed by atoms with Gasteiger partial charge in [0.05, 0.1) is 21.3 Å². The van der Waals surface area contributed by atoms with E-state index in [9.17, 15) is 9.90 Å². The Morgan fingerprint density at radius 1 is 1.06 bits per heavy atom. The summed E-state index contributed by atoms with van der Waals surface area (Å²) in [6.07, 6.45) is 0.287. The number of fused-ring (bicyclic) bond motifs is 4. The van der Waals surface area contributed by atoms with E-state index >= 15 is 0 Å². The van der Waals surface area contributed by atoms with Gasteiger partial charge in [0.15, 0.2) is 23.0 Å². The van der Waals surface area contributed by atoms with Gasteiger partial charge in [0.25, 0.3) is 0 Å². The van der Waals surface area contributed by atoms with E-state index in [1.165, 1.54) is 21.3 Å². The van der Waals surface area contributed by atoms with Crippen LogP contribution in [0.15, 0.2) is 12.1 Å². The van der Waals surface area contributed by atoms with E-state index in [1.54, 1.807) is 6.92 Å². The molecule has 178 valence electrons. The molecule has 8 heteroatoms. The Hall–Kier alpha value is -3.29. The minimum absolute atomic E-state index is 0.0345. The number of methoxy groups -OCH3 is 3. The maximum Gasteiger partial charge on any atom is 0.306 e. The maximum atomic E-state index is 12.4. The molecular formula is C25H30O8. The summed E-state index contributed by atoms with van der Waals surface area (Å²) in [6, 6.07) is 3.70. The summed E-state index contributed by atoms with van der Waals surface area (Å²) in [7, 11) is 4.54. The minimum Gasteiger partial charge on any atom is -0.504 e. The van der Waals surface area contributed by atoms with E-state index in [-0.39, 0.29) is 42.5 Å². The van der Waals surface area contributed by atoms with Crippen LogP contribution in [-0.2, 0) is 16.0 Å². The van der Waals surface area contributed by atoms with Crippen molar-refractivity contribution in [2.45, 2.75) is 39.7 Å². The molecule has 1 aliphatic carbocycles. The monoisotopic (exact) mass is 458 g/mol. The Labute approximate surface area is 193 Å². The molecule has 3 atom stereocenters. The highest BCUT2D eigenvalue weighted by molar-refractivity contribution is 5.88. The van der Waals surface area contributed by atoms with Gasteiger partial charge in [-0.15, -0.1) is 0 Å². The molecule has 0 saturated heterocycles. The molecule has 4 rings (SSSR count). The molecule has 0 radical (unpaired) electrons. The van der Waals surface area contributed by atoms with E-state index in [1.807, 2.05) is 12.1 Å². The standard InChI is InChI=1S/C25H30O8/c1-7-18(26)33-22-13(3)12(2)8-14-9-16(28-4)23(29-5)21(27)19(14)20-15(22)10-17-24(25(20)30-6)32-11-31-17/h9-10,12-13,22,27H,7-8,11H2,1-6H3/t12-,13+,22-/m0/s1. The number of ether oxygens (including phenoxy) is 6. The zero-order valence-corrected chi connectivity index (χ0v) is 19.8. The van der Waals surface area contributed by atoms with Gasteiger partial charge in [-0.1, -0.05) is 20.8 Å². The van der Waals surface area contributed by atoms with Crippen molar-refractivity contribution in [3.05, 3.63) is 23.3 Å². The number of phenolic OH excluding ortho intramolecular Hbond substituents is 1. The van der Waals surface area contributed by atoms with Gasteiger partial charge in [0.2, 0.25) is 18.3 Å². The van der Waals surface area contributed by atoms with E-state index < -0.39 is 6.10 Å². The van der Waals surface area contributed by atoms with Crippen molar-refractivity contribution in [2.75, 3.05) is 28.1 Å². The SMILES string of the molecule is CCC(=O)O[C@@H]1c2cc3c(c(OC)c2-c2c(cc(OC)c(OC)c2O)C[C@H](C)[C@H]1C)OCO3. The van der Waals surface area contributed by atoms with Crippen molar-refractivity contribution in [1.29, 1.82) is 0 Å². The number of phenols is 1. The van der Waals surface area contributed by atoms with Crippen LogP contribution in [0.25, 0.3) is 11.1 Å². The van der Waals surface area contributed by atoms with Crippen LogP contribution in [-0.4, -0.2) is 39.2 Å². The second kappa shape index (κ2) is 8.92. The summed E-state index contributed by atoms with van der Waals surface area (Å²) in [5, 5.41) is 11.4. The first-order valence-corrected chi connectivity index (χ1v) is 11.0. The predicted molar refractivity (Wildman–Crippen MR) is 120 cm³/mol. The van der Waals surface area contributed by atoms with Crippen LogP contribution in [0.2, 0.25) is 0 Å². The summed E-state index contributed by atoms with van der Waals surface area (Å²) in [6.45, 7) is 5.97. The number of benzene rings is 2. The van der Waals surface area contributed by atoms with Gasteiger partial charge in [-0.3, -0.25) is 4.79 Å². The van der Waals surface area contributed by atoms with E-state index in [0.717, 1.165) is 5.56 Å². The lowest BCUT2D eigenvalue weighted by molar-refractivity contribution is -0.152. The summed E-state index contributed by atoms with van der Waals surface area (Å²) in [5.74, 6) is 1.70. The van der Waals surface area contributed by atoms with Crippen LogP contribution in [0.3, 0.4) is 0 Å². The number of esters is 1. The van der Waals surface area contributed by atoms with Crippen LogP contribution in [0, 0.1) is 11.8 Å². The van der Waals surface area contributed by atoms with Crippen molar-refractivity contribution < 1.29 is 38.3 Å². The van der Waals surface area contributed by atoms with Crippen LogP contribution in [0.1, 0.15) is 44.4 Å². The Kier molecular flexibility index (Phi) is 6.19.